The summed E-state index contributed by atoms with van der Waals surface area (Å²) in [5.41, 5.74) is 11.6. The van der Waals surface area contributed by atoms with E-state index in [2.05, 4.69) is 289 Å². The molecule has 13 rings (SSSR count). The van der Waals surface area contributed by atoms with Crippen LogP contribution in [0.4, 0.5) is 17.1 Å². The van der Waals surface area contributed by atoms with Crippen LogP contribution in [0.1, 0.15) is 0 Å². The molecule has 0 radical (unpaired) electrons. The quantitative estimate of drug-likeness (QED) is 0.0980. The number of aromatic nitrogens is 1. The molecule has 0 bridgehead atoms. The third kappa shape index (κ3) is 6.99. The molecule has 0 atom stereocenters. The van der Waals surface area contributed by atoms with Gasteiger partial charge in [-0.1, -0.05) is 200 Å². The van der Waals surface area contributed by atoms with Gasteiger partial charge in [0.2, 0.25) is 0 Å². The van der Waals surface area contributed by atoms with E-state index in [0.717, 1.165) is 28.3 Å². The Morgan fingerprint density at radius 2 is 0.829 bits per heavy atom. The Kier molecular flexibility index (Phi) is 10.4. The third-order valence-electron chi connectivity index (χ3n) is 14.1. The fourth-order valence-corrected chi connectivity index (χ4v) is 16.8. The average molecular weight is 927 g/mol. The Hall–Kier alpha value is -8.54. The number of benzene rings is 11. The van der Waals surface area contributed by atoms with Crippen molar-refractivity contribution in [3.05, 3.63) is 279 Å². The van der Waals surface area contributed by atoms with E-state index in [-0.39, 0.29) is 0 Å². The van der Waals surface area contributed by atoms with Gasteiger partial charge in [0.15, 0.2) is 8.07 Å². The van der Waals surface area contributed by atoms with Gasteiger partial charge in [-0.2, -0.15) is 0 Å². The van der Waals surface area contributed by atoms with Gasteiger partial charge in [0, 0.05) is 53.7 Å². The van der Waals surface area contributed by atoms with E-state index in [1.54, 1.807) is 0 Å². The number of nitrogens with zero attached hydrogens (tertiary/aromatic N) is 2. The van der Waals surface area contributed by atoms with E-state index in [9.17, 15) is 0 Å². The topological polar surface area (TPSA) is 8.17 Å². The van der Waals surface area contributed by atoms with Crippen LogP contribution in [0.5, 0.6) is 0 Å². The fraction of sp³-hybridized carbons (Fsp3) is 0. The second-order valence-corrected chi connectivity index (χ2v) is 22.9. The Morgan fingerprint density at radius 3 is 1.50 bits per heavy atom. The number of para-hydroxylation sites is 2. The van der Waals surface area contributed by atoms with E-state index in [1.165, 1.54) is 79.4 Å². The Morgan fingerprint density at radius 1 is 0.314 bits per heavy atom. The van der Waals surface area contributed by atoms with Crippen LogP contribution in [-0.2, 0) is 0 Å². The van der Waals surface area contributed by atoms with Gasteiger partial charge in [0.1, 0.15) is 0 Å². The number of fused-ring (bicyclic) bond motifs is 6. The summed E-state index contributed by atoms with van der Waals surface area (Å²) in [7, 11) is -2.74. The van der Waals surface area contributed by atoms with Crippen LogP contribution in [0.25, 0.3) is 69.9 Å². The largest absolute Gasteiger partial charge is 0.310 e. The minimum absolute atomic E-state index is 1.09. The highest BCUT2D eigenvalue weighted by Gasteiger charge is 2.41. The number of rotatable bonds is 10. The average Bonchev–Trinajstić information content (AvgIpc) is 3.99. The standard InChI is InChI=1S/C66H46N2SSi/c1-5-20-50(21-6-1)68-62-32-15-13-30-60(62)66-58(31-18-33-63(66)68)49-19-17-22-53(45-49)67(51-38-35-47(36-39-51)48-37-44-65-61(46-48)59-29-14-16-34-64(59)69-65)52-40-42-57(43-41-52)70(54-23-7-2-8-24-54,55-25-9-3-10-26-55)56-27-11-4-12-28-56/h1-46H. The number of hydrogen-bond donors (Lipinski definition) is 0. The molecule has 0 aliphatic carbocycles. The summed E-state index contributed by atoms with van der Waals surface area (Å²) in [6, 6.07) is 103. The zero-order valence-electron chi connectivity index (χ0n) is 38.4. The van der Waals surface area contributed by atoms with Crippen molar-refractivity contribution in [1.29, 1.82) is 0 Å². The highest BCUT2D eigenvalue weighted by atomic mass is 32.1. The molecule has 0 N–H and O–H groups in total. The first-order valence-corrected chi connectivity index (χ1v) is 26.8. The monoisotopic (exact) mass is 926 g/mol. The first-order chi connectivity index (χ1) is 34.7. The second-order valence-electron chi connectivity index (χ2n) is 18.0. The normalized spacial score (nSPS) is 11.7. The van der Waals surface area contributed by atoms with Crippen LogP contribution < -0.4 is 25.6 Å². The van der Waals surface area contributed by atoms with Gasteiger partial charge in [-0.05, 0) is 122 Å². The molecule has 2 aromatic heterocycles. The Bertz CT molecular complexity index is 3880. The van der Waals surface area contributed by atoms with Crippen molar-refractivity contribution >= 4 is 99.2 Å². The molecule has 0 saturated carbocycles. The maximum atomic E-state index is 2.43. The molecule has 13 aromatic rings. The lowest BCUT2D eigenvalue weighted by Crippen LogP contribution is -2.74. The summed E-state index contributed by atoms with van der Waals surface area (Å²) in [5.74, 6) is 0. The summed E-state index contributed by atoms with van der Waals surface area (Å²) < 4.78 is 5.04. The molecule has 2 heterocycles. The summed E-state index contributed by atoms with van der Waals surface area (Å²) in [5, 5.41) is 10.5. The van der Waals surface area contributed by atoms with Crippen molar-refractivity contribution in [2.75, 3.05) is 4.90 Å². The van der Waals surface area contributed by atoms with Gasteiger partial charge >= 0.3 is 0 Å². The van der Waals surface area contributed by atoms with Crippen molar-refractivity contribution in [3.8, 4) is 27.9 Å². The maximum Gasteiger partial charge on any atom is 0.179 e. The molecule has 0 saturated heterocycles. The first kappa shape index (κ1) is 41.6. The molecular formula is C66H46N2SSi. The van der Waals surface area contributed by atoms with Crippen LogP contribution in [0.3, 0.4) is 0 Å². The van der Waals surface area contributed by atoms with E-state index in [4.69, 9.17) is 0 Å². The Balaban J connectivity index is 0.976. The number of anilines is 3. The van der Waals surface area contributed by atoms with Crippen molar-refractivity contribution in [3.63, 3.8) is 0 Å². The lowest BCUT2D eigenvalue weighted by Gasteiger charge is -2.35. The van der Waals surface area contributed by atoms with Gasteiger partial charge in [-0.15, -0.1) is 11.3 Å². The van der Waals surface area contributed by atoms with Gasteiger partial charge in [-0.3, -0.25) is 0 Å². The molecule has 330 valence electrons. The predicted molar refractivity (Wildman–Crippen MR) is 303 cm³/mol. The highest BCUT2D eigenvalue weighted by Crippen LogP contribution is 2.42. The smallest absolute Gasteiger partial charge is 0.179 e. The highest BCUT2D eigenvalue weighted by molar-refractivity contribution is 7.25. The molecule has 0 aliphatic heterocycles. The SMILES string of the molecule is c1ccc(-n2c3ccccc3c3c(-c4cccc(N(c5ccc(-c6ccc7sc8ccccc8c7c6)cc5)c5ccc([Si](c6ccccc6)(c6ccccc6)c6ccccc6)cc5)c4)cccc32)cc1. The molecule has 0 fully saturated rings. The molecular weight excluding hydrogens is 881 g/mol. The van der Waals surface area contributed by atoms with E-state index < -0.39 is 8.07 Å². The van der Waals surface area contributed by atoms with Crippen LogP contribution >= 0.6 is 11.3 Å². The van der Waals surface area contributed by atoms with Gasteiger partial charge in [0.25, 0.3) is 0 Å². The third-order valence-corrected chi connectivity index (χ3v) is 20.1. The predicted octanol–water partition coefficient (Wildman–Crippen LogP) is 15.3. The fourth-order valence-electron chi connectivity index (χ4n) is 11.0. The molecule has 11 aromatic carbocycles. The minimum atomic E-state index is -2.74. The summed E-state index contributed by atoms with van der Waals surface area (Å²) in [6.07, 6.45) is 0. The lowest BCUT2D eigenvalue weighted by atomic mass is 9.98. The lowest BCUT2D eigenvalue weighted by molar-refractivity contribution is 1.18. The first-order valence-electron chi connectivity index (χ1n) is 24.0. The Labute approximate surface area is 413 Å². The second kappa shape index (κ2) is 17.5. The zero-order chi connectivity index (χ0) is 46.4. The molecule has 0 unspecified atom stereocenters. The van der Waals surface area contributed by atoms with Gasteiger partial charge in [-0.25, -0.2) is 0 Å². The van der Waals surface area contributed by atoms with Crippen molar-refractivity contribution in [1.82, 2.24) is 4.57 Å². The maximum absolute atomic E-state index is 2.74. The van der Waals surface area contributed by atoms with Gasteiger partial charge in [0.05, 0.1) is 11.0 Å². The van der Waals surface area contributed by atoms with Gasteiger partial charge < -0.3 is 9.47 Å². The van der Waals surface area contributed by atoms with Crippen LogP contribution in [-0.4, -0.2) is 12.6 Å². The van der Waals surface area contributed by atoms with Crippen molar-refractivity contribution in [2.45, 2.75) is 0 Å². The summed E-state index contributed by atoms with van der Waals surface area (Å²) in [6.45, 7) is 0. The summed E-state index contributed by atoms with van der Waals surface area (Å²) >= 11 is 1.86. The van der Waals surface area contributed by atoms with Crippen molar-refractivity contribution in [2.24, 2.45) is 0 Å². The van der Waals surface area contributed by atoms with Crippen LogP contribution in [0.15, 0.2) is 279 Å². The van der Waals surface area contributed by atoms with Crippen molar-refractivity contribution < 1.29 is 0 Å². The van der Waals surface area contributed by atoms with E-state index >= 15 is 0 Å². The molecule has 0 amide bonds. The molecule has 2 nitrogen and oxygen atoms in total. The number of hydrogen-bond acceptors (Lipinski definition) is 2. The zero-order valence-corrected chi connectivity index (χ0v) is 40.2. The molecule has 0 spiro atoms. The molecule has 70 heavy (non-hydrogen) atoms. The molecule has 4 heteroatoms. The summed E-state index contributed by atoms with van der Waals surface area (Å²) in [4.78, 5) is 2.43. The van der Waals surface area contributed by atoms with Crippen LogP contribution in [0.2, 0.25) is 0 Å². The van der Waals surface area contributed by atoms with Crippen LogP contribution in [0, 0.1) is 0 Å². The number of thiophene rings is 1. The molecule has 0 aliphatic rings. The van der Waals surface area contributed by atoms with E-state index in [0.29, 0.717) is 0 Å². The van der Waals surface area contributed by atoms with E-state index in [1.807, 2.05) is 11.3 Å². The minimum Gasteiger partial charge on any atom is -0.310 e.